The van der Waals surface area contributed by atoms with Crippen LogP contribution in [-0.2, 0) is 0 Å². The first-order valence-corrected chi connectivity index (χ1v) is 10.1. The number of para-hydroxylation sites is 2. The van der Waals surface area contributed by atoms with Crippen LogP contribution >= 0.6 is 27.5 Å². The van der Waals surface area contributed by atoms with Gasteiger partial charge in [0.25, 0.3) is 0 Å². The number of rotatable bonds is 2. The zero-order valence-corrected chi connectivity index (χ0v) is 16.8. The summed E-state index contributed by atoms with van der Waals surface area (Å²) in [5.41, 5.74) is 4.60. The van der Waals surface area contributed by atoms with Crippen LogP contribution in [-0.4, -0.2) is 9.55 Å². The molecule has 1 aromatic heterocycles. The van der Waals surface area contributed by atoms with Crippen molar-refractivity contribution >= 4 is 44.5 Å². The summed E-state index contributed by atoms with van der Waals surface area (Å²) in [4.78, 5) is 4.85. The number of aromatic nitrogens is 2. The largest absolute Gasteiger partial charge is 0.349 e. The molecule has 0 bridgehead atoms. The van der Waals surface area contributed by atoms with Crippen molar-refractivity contribution in [3.63, 3.8) is 0 Å². The van der Waals surface area contributed by atoms with Crippen molar-refractivity contribution in [3.8, 4) is 0 Å². The summed E-state index contributed by atoms with van der Waals surface area (Å²) in [6.45, 7) is 0. The minimum Gasteiger partial charge on any atom is -0.349 e. The van der Waals surface area contributed by atoms with Crippen LogP contribution in [0.1, 0.15) is 29.6 Å². The van der Waals surface area contributed by atoms with E-state index >= 15 is 0 Å². The quantitative estimate of drug-likeness (QED) is 0.382. The van der Waals surface area contributed by atoms with Crippen LogP contribution in [0.5, 0.6) is 0 Å². The van der Waals surface area contributed by atoms with Gasteiger partial charge in [-0.25, -0.2) is 4.98 Å². The van der Waals surface area contributed by atoms with Crippen molar-refractivity contribution in [2.75, 3.05) is 5.32 Å². The Morgan fingerprint density at radius 1 is 0.963 bits per heavy atom. The summed E-state index contributed by atoms with van der Waals surface area (Å²) in [5.74, 6) is 0.903. The van der Waals surface area contributed by atoms with E-state index in [-0.39, 0.29) is 12.1 Å². The first-order chi connectivity index (χ1) is 13.2. The van der Waals surface area contributed by atoms with Crippen LogP contribution < -0.4 is 5.32 Å². The van der Waals surface area contributed by atoms with Crippen LogP contribution in [0.2, 0.25) is 5.02 Å². The van der Waals surface area contributed by atoms with E-state index in [0.29, 0.717) is 0 Å². The number of nitrogens with one attached hydrogen (secondary N) is 1. The van der Waals surface area contributed by atoms with Gasteiger partial charge >= 0.3 is 0 Å². The Bertz CT molecular complexity index is 1120. The molecule has 27 heavy (non-hydrogen) atoms. The summed E-state index contributed by atoms with van der Waals surface area (Å²) in [7, 11) is 0. The van der Waals surface area contributed by atoms with Crippen molar-refractivity contribution in [1.29, 1.82) is 0 Å². The van der Waals surface area contributed by atoms with E-state index in [9.17, 15) is 0 Å². The lowest BCUT2D eigenvalue weighted by atomic mass is 9.93. The van der Waals surface area contributed by atoms with Crippen molar-refractivity contribution in [3.05, 3.63) is 93.4 Å². The van der Waals surface area contributed by atoms with Gasteiger partial charge in [0, 0.05) is 9.50 Å². The van der Waals surface area contributed by atoms with E-state index in [0.717, 1.165) is 32.9 Å². The number of hydrogen-bond donors (Lipinski definition) is 1. The molecule has 2 heterocycles. The van der Waals surface area contributed by atoms with Crippen LogP contribution in [0.3, 0.4) is 0 Å². The normalized spacial score (nSPS) is 18.9. The third kappa shape index (κ3) is 3.03. The van der Waals surface area contributed by atoms with Crippen LogP contribution in [0, 0.1) is 0 Å². The Morgan fingerprint density at radius 2 is 1.78 bits per heavy atom. The molecule has 4 aromatic rings. The molecular formula is C22H17BrClN3. The summed E-state index contributed by atoms with van der Waals surface area (Å²) >= 11 is 9.83. The second-order valence-electron chi connectivity index (χ2n) is 6.85. The average molecular weight is 439 g/mol. The Morgan fingerprint density at radius 3 is 2.59 bits per heavy atom. The zero-order chi connectivity index (χ0) is 18.4. The smallest absolute Gasteiger partial charge is 0.204 e. The van der Waals surface area contributed by atoms with Gasteiger partial charge in [-0.3, -0.25) is 0 Å². The number of halogens is 2. The Hall–Kier alpha value is -2.30. The van der Waals surface area contributed by atoms with Gasteiger partial charge in [-0.1, -0.05) is 63.9 Å². The predicted octanol–water partition coefficient (Wildman–Crippen LogP) is 6.60. The second-order valence-corrected chi connectivity index (χ2v) is 8.20. The van der Waals surface area contributed by atoms with Gasteiger partial charge in [0.05, 0.1) is 23.1 Å². The fourth-order valence-electron chi connectivity index (χ4n) is 3.92. The highest BCUT2D eigenvalue weighted by atomic mass is 79.9. The molecule has 0 saturated carbocycles. The van der Waals surface area contributed by atoms with Crippen LogP contribution in [0.4, 0.5) is 5.95 Å². The maximum atomic E-state index is 6.31. The summed E-state index contributed by atoms with van der Waals surface area (Å²) in [5, 5.41) is 4.40. The molecule has 0 saturated heterocycles. The van der Waals surface area contributed by atoms with E-state index in [1.165, 1.54) is 11.1 Å². The van der Waals surface area contributed by atoms with Gasteiger partial charge in [-0.05, 0) is 53.9 Å². The Balaban J connectivity index is 1.67. The molecular weight excluding hydrogens is 422 g/mol. The van der Waals surface area contributed by atoms with Crippen LogP contribution in [0.25, 0.3) is 11.0 Å². The highest BCUT2D eigenvalue weighted by Crippen LogP contribution is 2.41. The van der Waals surface area contributed by atoms with Gasteiger partial charge in [-0.15, -0.1) is 0 Å². The Labute approximate surface area is 171 Å². The number of imidazole rings is 1. The first-order valence-electron chi connectivity index (χ1n) is 8.93. The van der Waals surface area contributed by atoms with E-state index in [1.54, 1.807) is 0 Å². The van der Waals surface area contributed by atoms with E-state index < -0.39 is 0 Å². The lowest BCUT2D eigenvalue weighted by molar-refractivity contribution is 0.477. The zero-order valence-electron chi connectivity index (χ0n) is 14.4. The topological polar surface area (TPSA) is 29.9 Å². The van der Waals surface area contributed by atoms with Crippen molar-refractivity contribution < 1.29 is 0 Å². The minimum atomic E-state index is 0.168. The SMILES string of the molecule is Clc1cccc(C2CC(c3ccc(Br)cc3)Nc3nc4ccccc4n32)c1. The monoisotopic (exact) mass is 437 g/mol. The highest BCUT2D eigenvalue weighted by Gasteiger charge is 2.31. The lowest BCUT2D eigenvalue weighted by Crippen LogP contribution is -2.27. The molecule has 3 aromatic carbocycles. The number of benzene rings is 3. The number of nitrogens with zero attached hydrogens (tertiary/aromatic N) is 2. The fourth-order valence-corrected chi connectivity index (χ4v) is 4.38. The molecule has 0 spiro atoms. The van der Waals surface area contributed by atoms with Gasteiger partial charge in [0.2, 0.25) is 5.95 Å². The van der Waals surface area contributed by atoms with Gasteiger partial charge < -0.3 is 9.88 Å². The molecule has 0 amide bonds. The van der Waals surface area contributed by atoms with E-state index in [4.69, 9.17) is 16.6 Å². The molecule has 1 aliphatic rings. The molecule has 1 aliphatic heterocycles. The van der Waals surface area contributed by atoms with E-state index in [2.05, 4.69) is 80.4 Å². The van der Waals surface area contributed by atoms with Crippen LogP contribution in [0.15, 0.2) is 77.3 Å². The first kappa shape index (κ1) is 16.8. The molecule has 0 radical (unpaired) electrons. The number of fused-ring (bicyclic) bond motifs is 3. The molecule has 2 atom stereocenters. The lowest BCUT2D eigenvalue weighted by Gasteiger charge is -2.33. The second kappa shape index (κ2) is 6.70. The molecule has 5 rings (SSSR count). The minimum absolute atomic E-state index is 0.168. The fraction of sp³-hybridized carbons (Fsp3) is 0.136. The standard InChI is InChI=1S/C22H17BrClN3/c23-16-10-8-14(9-11-16)19-13-21(15-4-3-5-17(24)12-15)27-20-7-2-1-6-18(20)25-22(27)26-19/h1-12,19,21H,13H2,(H,25,26). The predicted molar refractivity (Wildman–Crippen MR) is 114 cm³/mol. The number of anilines is 1. The molecule has 0 aliphatic carbocycles. The third-order valence-corrected chi connectivity index (χ3v) is 5.94. The molecule has 3 nitrogen and oxygen atoms in total. The average Bonchev–Trinajstić information content (AvgIpc) is 3.06. The maximum absolute atomic E-state index is 6.31. The van der Waals surface area contributed by atoms with Gasteiger partial charge in [-0.2, -0.15) is 0 Å². The maximum Gasteiger partial charge on any atom is 0.204 e. The Kier molecular flexibility index (Phi) is 4.18. The number of hydrogen-bond acceptors (Lipinski definition) is 2. The molecule has 134 valence electrons. The highest BCUT2D eigenvalue weighted by molar-refractivity contribution is 9.10. The molecule has 5 heteroatoms. The van der Waals surface area contributed by atoms with E-state index in [1.807, 2.05) is 18.2 Å². The summed E-state index contributed by atoms with van der Waals surface area (Å²) in [6, 6.07) is 25.3. The van der Waals surface area contributed by atoms with Crippen molar-refractivity contribution in [1.82, 2.24) is 9.55 Å². The molecule has 1 N–H and O–H groups in total. The van der Waals surface area contributed by atoms with Gasteiger partial charge in [0.15, 0.2) is 0 Å². The van der Waals surface area contributed by atoms with Gasteiger partial charge in [0.1, 0.15) is 0 Å². The summed E-state index contributed by atoms with van der Waals surface area (Å²) in [6.07, 6.45) is 0.926. The summed E-state index contributed by atoms with van der Waals surface area (Å²) < 4.78 is 3.39. The van der Waals surface area contributed by atoms with Crippen molar-refractivity contribution in [2.24, 2.45) is 0 Å². The molecule has 0 fully saturated rings. The van der Waals surface area contributed by atoms with Crippen molar-refractivity contribution in [2.45, 2.75) is 18.5 Å². The third-order valence-electron chi connectivity index (χ3n) is 5.18. The molecule has 2 unspecified atom stereocenters.